The van der Waals surface area contributed by atoms with Gasteiger partial charge in [-0.05, 0) is 25.0 Å². The summed E-state index contributed by atoms with van der Waals surface area (Å²) in [5.74, 6) is -0.185. The Bertz CT molecular complexity index is 768. The monoisotopic (exact) mass is 392 g/mol. The van der Waals surface area contributed by atoms with E-state index in [1.807, 2.05) is 0 Å². The lowest BCUT2D eigenvalue weighted by atomic mass is 10.2. The highest BCUT2D eigenvalue weighted by atomic mass is 32.2. The van der Waals surface area contributed by atoms with E-state index >= 15 is 0 Å². The maximum atomic E-state index is 13.1. The van der Waals surface area contributed by atoms with Crippen molar-refractivity contribution < 1.29 is 31.1 Å². The number of rotatable bonds is 3. The number of halogens is 3. The van der Waals surface area contributed by atoms with Crippen molar-refractivity contribution in [3.63, 3.8) is 0 Å². The Balaban J connectivity index is 1.74. The maximum Gasteiger partial charge on any atom is 0.417 e. The van der Waals surface area contributed by atoms with Crippen LogP contribution in [0.25, 0.3) is 0 Å². The summed E-state index contributed by atoms with van der Waals surface area (Å²) in [7, 11) is -4.30. The minimum atomic E-state index is -4.76. The second kappa shape index (κ2) is 7.16. The molecule has 1 unspecified atom stereocenters. The second-order valence-corrected chi connectivity index (χ2v) is 8.13. The zero-order valence-electron chi connectivity index (χ0n) is 13.9. The lowest BCUT2D eigenvalue weighted by Crippen LogP contribution is -2.52. The first-order valence-corrected chi connectivity index (χ1v) is 9.72. The number of piperazine rings is 1. The summed E-state index contributed by atoms with van der Waals surface area (Å²) < 4.78 is 71.1. The van der Waals surface area contributed by atoms with E-state index < -0.39 is 32.8 Å². The molecule has 0 spiro atoms. The number of hydrogen-bond acceptors (Lipinski definition) is 4. The Morgan fingerprint density at radius 1 is 1.12 bits per heavy atom. The van der Waals surface area contributed by atoms with E-state index in [2.05, 4.69) is 0 Å². The molecule has 2 saturated heterocycles. The van der Waals surface area contributed by atoms with Crippen molar-refractivity contribution in [1.82, 2.24) is 9.21 Å². The van der Waals surface area contributed by atoms with Gasteiger partial charge < -0.3 is 9.64 Å². The van der Waals surface area contributed by atoms with Gasteiger partial charge in [0.05, 0.1) is 10.5 Å². The van der Waals surface area contributed by atoms with Crippen molar-refractivity contribution in [2.75, 3.05) is 32.8 Å². The number of hydrogen-bond donors (Lipinski definition) is 0. The largest absolute Gasteiger partial charge is 0.417 e. The molecule has 26 heavy (non-hydrogen) atoms. The fourth-order valence-corrected chi connectivity index (χ4v) is 4.82. The molecular weight excluding hydrogens is 373 g/mol. The van der Waals surface area contributed by atoms with Gasteiger partial charge in [-0.15, -0.1) is 0 Å². The van der Waals surface area contributed by atoms with Crippen LogP contribution in [-0.4, -0.2) is 62.4 Å². The normalized spacial score (nSPS) is 22.6. The van der Waals surface area contributed by atoms with Crippen LogP contribution >= 0.6 is 0 Å². The van der Waals surface area contributed by atoms with E-state index in [0.29, 0.717) is 13.0 Å². The molecule has 0 aromatic heterocycles. The van der Waals surface area contributed by atoms with Crippen LogP contribution in [0.4, 0.5) is 13.2 Å². The highest BCUT2D eigenvalue weighted by Crippen LogP contribution is 2.35. The van der Waals surface area contributed by atoms with Crippen LogP contribution in [0.15, 0.2) is 29.2 Å². The molecule has 2 fully saturated rings. The first-order valence-electron chi connectivity index (χ1n) is 8.28. The van der Waals surface area contributed by atoms with Gasteiger partial charge >= 0.3 is 6.18 Å². The van der Waals surface area contributed by atoms with Crippen molar-refractivity contribution in [3.8, 4) is 0 Å². The van der Waals surface area contributed by atoms with Crippen LogP contribution in [-0.2, 0) is 25.7 Å². The van der Waals surface area contributed by atoms with Gasteiger partial charge in [0, 0.05) is 32.8 Å². The van der Waals surface area contributed by atoms with Crippen molar-refractivity contribution in [3.05, 3.63) is 29.8 Å². The number of nitrogens with zero attached hydrogens (tertiary/aromatic N) is 2. The molecule has 6 nitrogen and oxygen atoms in total. The van der Waals surface area contributed by atoms with E-state index in [4.69, 9.17) is 4.74 Å². The number of carbonyl (C=O) groups is 1. The number of alkyl halides is 3. The predicted octanol–water partition coefficient (Wildman–Crippen LogP) is 1.72. The Kier molecular flexibility index (Phi) is 5.27. The maximum absolute atomic E-state index is 13.1. The first-order chi connectivity index (χ1) is 12.2. The van der Waals surface area contributed by atoms with Gasteiger partial charge in [0.25, 0.3) is 5.91 Å². The van der Waals surface area contributed by atoms with E-state index in [1.54, 1.807) is 0 Å². The summed E-state index contributed by atoms with van der Waals surface area (Å²) in [5, 5.41) is 0. The minimum absolute atomic E-state index is 0.0486. The summed E-state index contributed by atoms with van der Waals surface area (Å²) in [4.78, 5) is 13.1. The van der Waals surface area contributed by atoms with Crippen LogP contribution in [0, 0.1) is 0 Å². The lowest BCUT2D eigenvalue weighted by Gasteiger charge is -2.35. The van der Waals surface area contributed by atoms with E-state index in [-0.39, 0.29) is 32.1 Å². The molecule has 3 rings (SSSR count). The summed E-state index contributed by atoms with van der Waals surface area (Å²) in [6.45, 7) is 0.692. The SMILES string of the molecule is O=C(C1CCCO1)N1CCN(S(=O)(=O)c2ccccc2C(F)(F)F)CC1. The second-order valence-electron chi connectivity index (χ2n) is 6.22. The van der Waals surface area contributed by atoms with Crippen molar-refractivity contribution >= 4 is 15.9 Å². The predicted molar refractivity (Wildman–Crippen MR) is 85.8 cm³/mol. The van der Waals surface area contributed by atoms with Crippen LogP contribution < -0.4 is 0 Å². The number of sulfonamides is 1. The molecule has 2 heterocycles. The molecule has 144 valence electrons. The highest BCUT2D eigenvalue weighted by molar-refractivity contribution is 7.89. The van der Waals surface area contributed by atoms with Crippen LogP contribution in [0.5, 0.6) is 0 Å². The molecule has 0 saturated carbocycles. The molecule has 0 N–H and O–H groups in total. The standard InChI is InChI=1S/C16H19F3N2O4S/c17-16(18,19)12-4-1-2-6-14(12)26(23,24)21-9-7-20(8-10-21)15(22)13-5-3-11-25-13/h1-2,4,6,13H,3,5,7-11H2. The quantitative estimate of drug-likeness (QED) is 0.786. The number of carbonyl (C=O) groups excluding carboxylic acids is 1. The number of benzene rings is 1. The van der Waals surface area contributed by atoms with Crippen LogP contribution in [0.2, 0.25) is 0 Å². The third-order valence-electron chi connectivity index (χ3n) is 4.57. The smallest absolute Gasteiger partial charge is 0.368 e. The fourth-order valence-electron chi connectivity index (χ4n) is 3.19. The Hall–Kier alpha value is -1.65. The Labute approximate surface area is 149 Å². The van der Waals surface area contributed by atoms with Gasteiger partial charge in [-0.25, -0.2) is 8.42 Å². The molecule has 10 heteroatoms. The average Bonchev–Trinajstić information content (AvgIpc) is 3.15. The molecular formula is C16H19F3N2O4S. The molecule has 1 amide bonds. The zero-order valence-corrected chi connectivity index (χ0v) is 14.7. The molecule has 0 aliphatic carbocycles. The van der Waals surface area contributed by atoms with Gasteiger partial charge in [0.2, 0.25) is 10.0 Å². The summed E-state index contributed by atoms with van der Waals surface area (Å²) in [5.41, 5.74) is -1.18. The average molecular weight is 392 g/mol. The Morgan fingerprint density at radius 2 is 1.77 bits per heavy atom. The Morgan fingerprint density at radius 3 is 2.35 bits per heavy atom. The zero-order chi connectivity index (χ0) is 18.9. The van der Waals surface area contributed by atoms with Crippen LogP contribution in [0.1, 0.15) is 18.4 Å². The summed E-state index contributed by atoms with van der Waals surface area (Å²) in [6.07, 6.45) is -3.82. The van der Waals surface area contributed by atoms with Gasteiger partial charge in [-0.3, -0.25) is 4.79 Å². The van der Waals surface area contributed by atoms with Gasteiger partial charge in [-0.1, -0.05) is 12.1 Å². The topological polar surface area (TPSA) is 66.9 Å². The van der Waals surface area contributed by atoms with Gasteiger partial charge in [0.1, 0.15) is 6.10 Å². The first kappa shape index (κ1) is 19.1. The number of ether oxygens (including phenoxy) is 1. The van der Waals surface area contributed by atoms with Gasteiger partial charge in [0.15, 0.2) is 0 Å². The van der Waals surface area contributed by atoms with Crippen molar-refractivity contribution in [2.24, 2.45) is 0 Å². The van der Waals surface area contributed by atoms with E-state index in [1.165, 1.54) is 11.0 Å². The van der Waals surface area contributed by atoms with Crippen LogP contribution in [0.3, 0.4) is 0 Å². The molecule has 0 radical (unpaired) electrons. The number of amides is 1. The fraction of sp³-hybridized carbons (Fsp3) is 0.562. The van der Waals surface area contributed by atoms with Crippen molar-refractivity contribution in [2.45, 2.75) is 30.0 Å². The summed E-state index contributed by atoms with van der Waals surface area (Å²) in [6, 6.07) is 4.13. The third-order valence-corrected chi connectivity index (χ3v) is 6.52. The molecule has 1 atom stereocenters. The molecule has 1 aromatic carbocycles. The minimum Gasteiger partial charge on any atom is -0.368 e. The van der Waals surface area contributed by atoms with E-state index in [0.717, 1.165) is 28.9 Å². The molecule has 0 bridgehead atoms. The third kappa shape index (κ3) is 3.72. The van der Waals surface area contributed by atoms with E-state index in [9.17, 15) is 26.4 Å². The van der Waals surface area contributed by atoms with Gasteiger partial charge in [-0.2, -0.15) is 17.5 Å². The molecule has 2 aliphatic heterocycles. The molecule has 2 aliphatic rings. The van der Waals surface area contributed by atoms with Crippen molar-refractivity contribution in [1.29, 1.82) is 0 Å². The lowest BCUT2D eigenvalue weighted by molar-refractivity contribution is -0.142. The highest BCUT2D eigenvalue weighted by Gasteiger charge is 2.40. The molecule has 1 aromatic rings. The summed E-state index contributed by atoms with van der Waals surface area (Å²) >= 11 is 0.